The molecule has 0 spiro atoms. The lowest BCUT2D eigenvalue weighted by Gasteiger charge is -2.12. The van der Waals surface area contributed by atoms with Gasteiger partial charge in [-0.15, -0.1) is 24.0 Å². The Balaban J connectivity index is 0.00000261. The van der Waals surface area contributed by atoms with Gasteiger partial charge in [-0.3, -0.25) is 4.99 Å². The van der Waals surface area contributed by atoms with E-state index in [9.17, 15) is 0 Å². The quantitative estimate of drug-likeness (QED) is 0.230. The van der Waals surface area contributed by atoms with Crippen LogP contribution in [0.2, 0.25) is 0 Å². The van der Waals surface area contributed by atoms with Gasteiger partial charge in [0, 0.05) is 38.8 Å². The molecule has 3 atom stereocenters. The summed E-state index contributed by atoms with van der Waals surface area (Å²) in [6.07, 6.45) is 3.39. The SMILES string of the molecule is CCNC(=NCC1CC1c1ccccc1)NCCCOCC1CCOC1.I. The lowest BCUT2D eigenvalue weighted by Crippen LogP contribution is -2.38. The average Bonchev–Trinajstić information content (AvgIpc) is 3.27. The maximum absolute atomic E-state index is 5.75. The molecule has 1 heterocycles. The van der Waals surface area contributed by atoms with Gasteiger partial charge in [0.05, 0.1) is 13.2 Å². The number of rotatable bonds is 10. The number of aliphatic imine (C=N–C) groups is 1. The highest BCUT2D eigenvalue weighted by Gasteiger charge is 2.37. The summed E-state index contributed by atoms with van der Waals surface area (Å²) >= 11 is 0. The molecule has 6 heteroatoms. The third kappa shape index (κ3) is 7.95. The highest BCUT2D eigenvalue weighted by molar-refractivity contribution is 14.0. The van der Waals surface area contributed by atoms with E-state index in [-0.39, 0.29) is 24.0 Å². The van der Waals surface area contributed by atoms with Gasteiger partial charge >= 0.3 is 0 Å². The number of guanidine groups is 1. The van der Waals surface area contributed by atoms with Crippen LogP contribution in [0.5, 0.6) is 0 Å². The molecule has 2 fully saturated rings. The molecule has 5 nitrogen and oxygen atoms in total. The average molecular weight is 487 g/mol. The van der Waals surface area contributed by atoms with E-state index in [4.69, 9.17) is 14.5 Å². The van der Waals surface area contributed by atoms with Crippen molar-refractivity contribution in [3.63, 3.8) is 0 Å². The third-order valence-electron chi connectivity index (χ3n) is 5.11. The standard InChI is InChI=1S/C21H33N3O2.HI/c1-2-22-21(23-10-6-11-25-15-17-9-12-26-16-17)24-14-19-13-20(19)18-7-4-3-5-8-18;/h3-5,7-8,17,19-20H,2,6,9-16H2,1H3,(H2,22,23,24);1H. The van der Waals surface area contributed by atoms with Gasteiger partial charge in [-0.2, -0.15) is 0 Å². The van der Waals surface area contributed by atoms with Crippen LogP contribution in [0.25, 0.3) is 0 Å². The number of benzene rings is 1. The van der Waals surface area contributed by atoms with Crippen molar-refractivity contribution >= 4 is 29.9 Å². The van der Waals surface area contributed by atoms with Crippen LogP contribution in [-0.2, 0) is 9.47 Å². The van der Waals surface area contributed by atoms with Gasteiger partial charge in [0.25, 0.3) is 0 Å². The number of halogens is 1. The van der Waals surface area contributed by atoms with E-state index in [1.807, 2.05) is 0 Å². The molecule has 0 bridgehead atoms. The molecular weight excluding hydrogens is 453 g/mol. The predicted molar refractivity (Wildman–Crippen MR) is 121 cm³/mol. The summed E-state index contributed by atoms with van der Waals surface area (Å²) in [5.74, 6) is 2.90. The van der Waals surface area contributed by atoms with E-state index in [1.54, 1.807) is 0 Å². The minimum Gasteiger partial charge on any atom is -0.381 e. The fourth-order valence-electron chi connectivity index (χ4n) is 3.45. The molecule has 1 saturated carbocycles. The van der Waals surface area contributed by atoms with Crippen LogP contribution in [0.3, 0.4) is 0 Å². The van der Waals surface area contributed by atoms with Crippen molar-refractivity contribution in [3.05, 3.63) is 35.9 Å². The topological polar surface area (TPSA) is 54.9 Å². The molecule has 1 aromatic rings. The molecular formula is C21H34IN3O2. The number of hydrogen-bond donors (Lipinski definition) is 2. The van der Waals surface area contributed by atoms with Crippen LogP contribution in [0.1, 0.15) is 37.7 Å². The van der Waals surface area contributed by atoms with Crippen LogP contribution in [0.4, 0.5) is 0 Å². The lowest BCUT2D eigenvalue weighted by atomic mass is 10.1. The Morgan fingerprint density at radius 2 is 2.11 bits per heavy atom. The molecule has 2 N–H and O–H groups in total. The number of hydrogen-bond acceptors (Lipinski definition) is 3. The Hall–Kier alpha value is -0.860. The van der Waals surface area contributed by atoms with Gasteiger partial charge in [0.2, 0.25) is 0 Å². The van der Waals surface area contributed by atoms with Gasteiger partial charge < -0.3 is 20.1 Å². The summed E-state index contributed by atoms with van der Waals surface area (Å²) in [6.45, 7) is 8.15. The fraction of sp³-hybridized carbons (Fsp3) is 0.667. The number of nitrogens with zero attached hydrogens (tertiary/aromatic N) is 1. The molecule has 3 unspecified atom stereocenters. The first kappa shape index (κ1) is 22.4. The molecule has 1 aliphatic heterocycles. The zero-order valence-electron chi connectivity index (χ0n) is 16.4. The molecule has 3 rings (SSSR count). The Bertz CT molecular complexity index is 550. The Morgan fingerprint density at radius 1 is 1.26 bits per heavy atom. The number of ether oxygens (including phenoxy) is 2. The maximum Gasteiger partial charge on any atom is 0.191 e. The van der Waals surface area contributed by atoms with E-state index in [0.717, 1.165) is 64.9 Å². The van der Waals surface area contributed by atoms with E-state index >= 15 is 0 Å². The molecule has 2 aliphatic rings. The van der Waals surface area contributed by atoms with E-state index in [1.165, 1.54) is 12.0 Å². The molecule has 152 valence electrons. The molecule has 0 aromatic heterocycles. The molecule has 1 aliphatic carbocycles. The minimum atomic E-state index is 0. The second-order valence-corrected chi connectivity index (χ2v) is 7.32. The summed E-state index contributed by atoms with van der Waals surface area (Å²) in [6, 6.07) is 10.8. The highest BCUT2D eigenvalue weighted by atomic mass is 127. The van der Waals surface area contributed by atoms with Crippen molar-refractivity contribution in [1.29, 1.82) is 0 Å². The van der Waals surface area contributed by atoms with Crippen LogP contribution in [0, 0.1) is 11.8 Å². The van der Waals surface area contributed by atoms with Gasteiger partial charge in [0.15, 0.2) is 5.96 Å². The summed E-state index contributed by atoms with van der Waals surface area (Å²) < 4.78 is 11.1. The smallest absolute Gasteiger partial charge is 0.191 e. The molecule has 1 aromatic carbocycles. The highest BCUT2D eigenvalue weighted by Crippen LogP contribution is 2.47. The molecule has 27 heavy (non-hydrogen) atoms. The van der Waals surface area contributed by atoms with E-state index in [2.05, 4.69) is 47.9 Å². The minimum absolute atomic E-state index is 0. The van der Waals surface area contributed by atoms with Gasteiger partial charge in [-0.1, -0.05) is 30.3 Å². The van der Waals surface area contributed by atoms with Crippen LogP contribution < -0.4 is 10.6 Å². The van der Waals surface area contributed by atoms with Gasteiger partial charge in [0.1, 0.15) is 0 Å². The Kier molecular flexibility index (Phi) is 10.4. The van der Waals surface area contributed by atoms with Gasteiger partial charge in [-0.05, 0) is 43.6 Å². The summed E-state index contributed by atoms with van der Waals surface area (Å²) in [5.41, 5.74) is 1.45. The molecule has 0 radical (unpaired) electrons. The first-order valence-electron chi connectivity index (χ1n) is 10.1. The zero-order valence-corrected chi connectivity index (χ0v) is 18.7. The predicted octanol–water partition coefficient (Wildman–Crippen LogP) is 3.41. The van der Waals surface area contributed by atoms with Crippen molar-refractivity contribution in [2.45, 2.75) is 32.1 Å². The maximum atomic E-state index is 5.75. The second-order valence-electron chi connectivity index (χ2n) is 7.32. The van der Waals surface area contributed by atoms with Gasteiger partial charge in [-0.25, -0.2) is 0 Å². The van der Waals surface area contributed by atoms with Crippen molar-refractivity contribution in [2.24, 2.45) is 16.8 Å². The summed E-state index contributed by atoms with van der Waals surface area (Å²) in [5, 5.41) is 6.76. The fourth-order valence-corrected chi connectivity index (χ4v) is 3.45. The van der Waals surface area contributed by atoms with Crippen molar-refractivity contribution < 1.29 is 9.47 Å². The zero-order chi connectivity index (χ0) is 18.0. The van der Waals surface area contributed by atoms with Crippen LogP contribution in [-0.4, -0.2) is 52.0 Å². The summed E-state index contributed by atoms with van der Waals surface area (Å²) in [7, 11) is 0. The number of nitrogens with one attached hydrogen (secondary N) is 2. The van der Waals surface area contributed by atoms with Crippen molar-refractivity contribution in [1.82, 2.24) is 10.6 Å². The largest absolute Gasteiger partial charge is 0.381 e. The first-order valence-corrected chi connectivity index (χ1v) is 10.1. The summed E-state index contributed by atoms with van der Waals surface area (Å²) in [4.78, 5) is 4.77. The second kappa shape index (κ2) is 12.6. The lowest BCUT2D eigenvalue weighted by molar-refractivity contribution is 0.0888. The van der Waals surface area contributed by atoms with Crippen LogP contribution >= 0.6 is 24.0 Å². The normalized spacial score (nSPS) is 24.3. The van der Waals surface area contributed by atoms with Crippen LogP contribution in [0.15, 0.2) is 35.3 Å². The van der Waals surface area contributed by atoms with Crippen molar-refractivity contribution in [2.75, 3.05) is 46.1 Å². The molecule has 0 amide bonds. The van der Waals surface area contributed by atoms with E-state index < -0.39 is 0 Å². The Morgan fingerprint density at radius 3 is 2.85 bits per heavy atom. The van der Waals surface area contributed by atoms with Crippen molar-refractivity contribution in [3.8, 4) is 0 Å². The molecule has 1 saturated heterocycles. The van der Waals surface area contributed by atoms with E-state index in [0.29, 0.717) is 17.8 Å². The third-order valence-corrected chi connectivity index (χ3v) is 5.11. The Labute approximate surface area is 180 Å². The monoisotopic (exact) mass is 487 g/mol. The first-order chi connectivity index (χ1) is 12.9.